The van der Waals surface area contributed by atoms with Crippen molar-refractivity contribution in [2.24, 2.45) is 0 Å². The van der Waals surface area contributed by atoms with Crippen molar-refractivity contribution in [1.29, 1.82) is 0 Å². The molecule has 0 radical (unpaired) electrons. The summed E-state index contributed by atoms with van der Waals surface area (Å²) in [5.41, 5.74) is -0.233. The molecule has 1 heterocycles. The van der Waals surface area contributed by atoms with Crippen molar-refractivity contribution in [3.8, 4) is 39.9 Å². The minimum atomic E-state index is -0.577. The van der Waals surface area contributed by atoms with Gasteiger partial charge in [-0.25, -0.2) is 0 Å². The molecular formula is C16H12O7. The van der Waals surface area contributed by atoms with Gasteiger partial charge in [0.25, 0.3) is 0 Å². The first-order valence-electron chi connectivity index (χ1n) is 6.50. The molecule has 2 aromatic carbocycles. The van der Waals surface area contributed by atoms with Crippen LogP contribution in [0.1, 0.15) is 0 Å². The van der Waals surface area contributed by atoms with Crippen LogP contribution in [0.2, 0.25) is 0 Å². The zero-order chi connectivity index (χ0) is 16.7. The van der Waals surface area contributed by atoms with Gasteiger partial charge in [-0.3, -0.25) is 4.79 Å². The van der Waals surface area contributed by atoms with E-state index in [4.69, 9.17) is 9.15 Å². The first kappa shape index (κ1) is 14.6. The van der Waals surface area contributed by atoms with Gasteiger partial charge in [0.2, 0.25) is 11.2 Å². The number of methoxy groups -OCH3 is 1. The van der Waals surface area contributed by atoms with Crippen LogP contribution >= 0.6 is 0 Å². The largest absolute Gasteiger partial charge is 0.504 e. The number of hydrogen-bond acceptors (Lipinski definition) is 7. The van der Waals surface area contributed by atoms with Crippen molar-refractivity contribution < 1.29 is 29.6 Å². The molecule has 7 heteroatoms. The number of phenols is 4. The van der Waals surface area contributed by atoms with Gasteiger partial charge in [-0.1, -0.05) is 6.07 Å². The van der Waals surface area contributed by atoms with Gasteiger partial charge in [-0.05, 0) is 17.7 Å². The Morgan fingerprint density at radius 3 is 2.39 bits per heavy atom. The summed E-state index contributed by atoms with van der Waals surface area (Å²) in [5, 5.41) is 38.6. The molecule has 0 aliphatic heterocycles. The topological polar surface area (TPSA) is 120 Å². The molecule has 4 N–H and O–H groups in total. The molecule has 0 saturated heterocycles. The van der Waals surface area contributed by atoms with Crippen LogP contribution in [0, 0.1) is 0 Å². The van der Waals surface area contributed by atoms with E-state index in [0.717, 1.165) is 12.3 Å². The second-order valence-electron chi connectivity index (χ2n) is 4.83. The Kier molecular flexibility index (Phi) is 3.25. The van der Waals surface area contributed by atoms with Gasteiger partial charge in [0, 0.05) is 6.07 Å². The minimum Gasteiger partial charge on any atom is -0.504 e. The molecular weight excluding hydrogens is 304 g/mol. The highest BCUT2D eigenvalue weighted by atomic mass is 16.5. The lowest BCUT2D eigenvalue weighted by atomic mass is 10.0. The van der Waals surface area contributed by atoms with Crippen LogP contribution in [0.4, 0.5) is 0 Å². The molecule has 0 aliphatic carbocycles. The lowest BCUT2D eigenvalue weighted by Gasteiger charge is -2.09. The van der Waals surface area contributed by atoms with Crippen LogP contribution in [0.5, 0.6) is 28.7 Å². The standard InChI is InChI=1S/C16H12O7/c1-22-16-11(19)5-12-13(15(16)21)14(20)8(6-23-12)7-2-3-9(17)10(18)4-7/h2-6,17-19,21H,1H3. The van der Waals surface area contributed by atoms with E-state index in [0.29, 0.717) is 5.56 Å². The summed E-state index contributed by atoms with van der Waals surface area (Å²) in [6, 6.07) is 5.00. The van der Waals surface area contributed by atoms with E-state index in [-0.39, 0.29) is 33.8 Å². The fourth-order valence-corrected chi connectivity index (χ4v) is 2.33. The third-order valence-electron chi connectivity index (χ3n) is 3.46. The Morgan fingerprint density at radius 2 is 1.74 bits per heavy atom. The number of fused-ring (bicyclic) bond motifs is 1. The summed E-state index contributed by atoms with van der Waals surface area (Å²) >= 11 is 0. The van der Waals surface area contributed by atoms with E-state index in [1.165, 1.54) is 25.3 Å². The molecule has 0 atom stereocenters. The molecule has 0 spiro atoms. The predicted octanol–water partition coefficient (Wildman–Crippen LogP) is 2.29. The number of ether oxygens (including phenoxy) is 1. The molecule has 3 aromatic rings. The van der Waals surface area contributed by atoms with Crippen molar-refractivity contribution >= 4 is 11.0 Å². The summed E-state index contributed by atoms with van der Waals surface area (Å²) in [6.07, 6.45) is 1.14. The fraction of sp³-hybridized carbons (Fsp3) is 0.0625. The predicted molar refractivity (Wildman–Crippen MR) is 81.1 cm³/mol. The molecule has 7 nitrogen and oxygen atoms in total. The normalized spacial score (nSPS) is 10.8. The molecule has 118 valence electrons. The molecule has 0 aliphatic rings. The van der Waals surface area contributed by atoms with E-state index in [2.05, 4.69) is 0 Å². The van der Waals surface area contributed by atoms with Gasteiger partial charge >= 0.3 is 0 Å². The Morgan fingerprint density at radius 1 is 1.00 bits per heavy atom. The van der Waals surface area contributed by atoms with Crippen LogP contribution in [0.15, 0.2) is 39.7 Å². The summed E-state index contributed by atoms with van der Waals surface area (Å²) in [4.78, 5) is 12.6. The second kappa shape index (κ2) is 5.13. The molecule has 3 rings (SSSR count). The third-order valence-corrected chi connectivity index (χ3v) is 3.46. The summed E-state index contributed by atoms with van der Waals surface area (Å²) in [7, 11) is 1.24. The lowest BCUT2D eigenvalue weighted by Crippen LogP contribution is -2.05. The van der Waals surface area contributed by atoms with Crippen LogP contribution in [-0.2, 0) is 0 Å². The van der Waals surface area contributed by atoms with Crippen LogP contribution < -0.4 is 10.2 Å². The van der Waals surface area contributed by atoms with Crippen molar-refractivity contribution in [2.75, 3.05) is 7.11 Å². The first-order valence-corrected chi connectivity index (χ1v) is 6.50. The molecule has 1 aromatic heterocycles. The van der Waals surface area contributed by atoms with Crippen LogP contribution in [-0.4, -0.2) is 27.5 Å². The number of phenolic OH excluding ortho intramolecular Hbond substituents is 4. The molecule has 0 amide bonds. The third kappa shape index (κ3) is 2.18. The maximum absolute atomic E-state index is 12.6. The number of rotatable bonds is 2. The number of aromatic hydroxyl groups is 4. The average Bonchev–Trinajstić information content (AvgIpc) is 2.50. The van der Waals surface area contributed by atoms with Gasteiger partial charge in [0.15, 0.2) is 23.0 Å². The minimum absolute atomic E-state index is 0.0162. The van der Waals surface area contributed by atoms with Crippen LogP contribution in [0.25, 0.3) is 22.1 Å². The maximum atomic E-state index is 12.6. The van der Waals surface area contributed by atoms with E-state index in [9.17, 15) is 25.2 Å². The Hall–Kier alpha value is -3.35. The number of hydrogen-bond donors (Lipinski definition) is 4. The SMILES string of the molecule is COc1c(O)cc2occ(-c3ccc(O)c(O)c3)c(=O)c2c1O. The Labute approximate surface area is 129 Å². The van der Waals surface area contributed by atoms with Crippen molar-refractivity contribution in [3.05, 3.63) is 40.8 Å². The molecule has 0 saturated carbocycles. The van der Waals surface area contributed by atoms with E-state index >= 15 is 0 Å². The van der Waals surface area contributed by atoms with Gasteiger partial charge < -0.3 is 29.6 Å². The van der Waals surface area contributed by atoms with Gasteiger partial charge in [0.05, 0.1) is 12.7 Å². The van der Waals surface area contributed by atoms with Gasteiger partial charge in [0.1, 0.15) is 17.2 Å². The summed E-state index contributed by atoms with van der Waals surface area (Å²) in [6.45, 7) is 0. The molecule has 0 bridgehead atoms. The van der Waals surface area contributed by atoms with Gasteiger partial charge in [-0.2, -0.15) is 0 Å². The Balaban J connectivity index is 2.34. The highest BCUT2D eigenvalue weighted by molar-refractivity contribution is 5.91. The zero-order valence-corrected chi connectivity index (χ0v) is 11.9. The van der Waals surface area contributed by atoms with Crippen molar-refractivity contribution in [1.82, 2.24) is 0 Å². The highest BCUT2D eigenvalue weighted by Gasteiger charge is 2.19. The van der Waals surface area contributed by atoms with Gasteiger partial charge in [-0.15, -0.1) is 0 Å². The van der Waals surface area contributed by atoms with E-state index in [1.54, 1.807) is 0 Å². The smallest absolute Gasteiger partial charge is 0.204 e. The van der Waals surface area contributed by atoms with Crippen molar-refractivity contribution in [2.45, 2.75) is 0 Å². The average molecular weight is 316 g/mol. The monoisotopic (exact) mass is 316 g/mol. The first-order chi connectivity index (χ1) is 10.9. The molecule has 0 fully saturated rings. The lowest BCUT2D eigenvalue weighted by molar-refractivity contribution is 0.346. The zero-order valence-electron chi connectivity index (χ0n) is 11.9. The molecule has 23 heavy (non-hydrogen) atoms. The van der Waals surface area contributed by atoms with Crippen LogP contribution in [0.3, 0.4) is 0 Å². The maximum Gasteiger partial charge on any atom is 0.204 e. The summed E-state index contributed by atoms with van der Waals surface area (Å²) < 4.78 is 10.2. The second-order valence-corrected chi connectivity index (χ2v) is 4.83. The van der Waals surface area contributed by atoms with E-state index < -0.39 is 16.9 Å². The summed E-state index contributed by atoms with van der Waals surface area (Å²) in [5.74, 6) is -1.87. The Bertz CT molecular complexity index is 972. The fourth-order valence-electron chi connectivity index (χ4n) is 2.33. The highest BCUT2D eigenvalue weighted by Crippen LogP contribution is 2.41. The quantitative estimate of drug-likeness (QED) is 0.535. The molecule has 0 unspecified atom stereocenters. The number of benzene rings is 2. The van der Waals surface area contributed by atoms with E-state index in [1.807, 2.05) is 0 Å². The van der Waals surface area contributed by atoms with Crippen molar-refractivity contribution in [3.63, 3.8) is 0 Å².